The van der Waals surface area contributed by atoms with Crippen LogP contribution in [0.25, 0.3) is 0 Å². The highest BCUT2D eigenvalue weighted by Gasteiger charge is 1.90. The van der Waals surface area contributed by atoms with Gasteiger partial charge < -0.3 is 0 Å². The van der Waals surface area contributed by atoms with Gasteiger partial charge in [-0.05, 0) is 43.2 Å². The molecule has 0 bridgehead atoms. The quantitative estimate of drug-likeness (QED) is 0.519. The summed E-state index contributed by atoms with van der Waals surface area (Å²) in [5.74, 6) is 0. The van der Waals surface area contributed by atoms with Gasteiger partial charge in [-0.3, -0.25) is 0 Å². The summed E-state index contributed by atoms with van der Waals surface area (Å²) in [5.41, 5.74) is 2.19. The first-order valence-corrected chi connectivity index (χ1v) is 3.22. The van der Waals surface area contributed by atoms with Gasteiger partial charge >= 0.3 is 0 Å². The predicted molar refractivity (Wildman–Crippen MR) is 39.8 cm³/mol. The average Bonchev–Trinajstić information content (AvgIpc) is 1.59. The van der Waals surface area contributed by atoms with Crippen molar-refractivity contribution in [3.8, 4) is 0 Å². The number of hydrogen-bond donors (Lipinski definition) is 0. The van der Waals surface area contributed by atoms with E-state index in [1.807, 2.05) is 26.0 Å². The third kappa shape index (κ3) is 1.72. The molecule has 1 heteroatoms. The van der Waals surface area contributed by atoms with E-state index in [2.05, 4.69) is 6.07 Å². The molecule has 0 fully saturated rings. The normalized spacial score (nSPS) is 9.67. The fourth-order valence-electron chi connectivity index (χ4n) is 0.839. The molecular formula is C8H8Cl. The molecule has 9 heavy (non-hydrogen) atoms. The Labute approximate surface area is 60.5 Å². The fourth-order valence-corrected chi connectivity index (χ4v) is 1.17. The fraction of sp³-hybridized carbons (Fsp3) is 0.250. The molecule has 47 valence electrons. The zero-order valence-electron chi connectivity index (χ0n) is 5.53. The van der Waals surface area contributed by atoms with Crippen LogP contribution < -0.4 is 0 Å². The summed E-state index contributed by atoms with van der Waals surface area (Å²) in [5, 5.41) is 0.795. The molecule has 0 amide bonds. The van der Waals surface area contributed by atoms with Crippen LogP contribution in [0.5, 0.6) is 0 Å². The van der Waals surface area contributed by atoms with Crippen LogP contribution >= 0.6 is 11.6 Å². The topological polar surface area (TPSA) is 0 Å². The molecule has 0 saturated heterocycles. The molecule has 0 aliphatic rings. The van der Waals surface area contributed by atoms with Gasteiger partial charge in [0.15, 0.2) is 0 Å². The number of halogens is 1. The van der Waals surface area contributed by atoms with Gasteiger partial charge in [0.2, 0.25) is 0 Å². The summed E-state index contributed by atoms with van der Waals surface area (Å²) < 4.78 is 0. The lowest BCUT2D eigenvalue weighted by atomic mass is 10.2. The zero-order valence-corrected chi connectivity index (χ0v) is 6.29. The molecule has 0 N–H and O–H groups in total. The summed E-state index contributed by atoms with van der Waals surface area (Å²) in [7, 11) is 0. The third-order valence-corrected chi connectivity index (χ3v) is 1.32. The highest BCUT2D eigenvalue weighted by atomic mass is 35.5. The Morgan fingerprint density at radius 1 is 1.22 bits per heavy atom. The van der Waals surface area contributed by atoms with E-state index in [1.54, 1.807) is 0 Å². The lowest BCUT2D eigenvalue weighted by molar-refractivity contribution is 1.37. The largest absolute Gasteiger partial charge is 0.0843 e. The van der Waals surface area contributed by atoms with E-state index < -0.39 is 0 Å². The third-order valence-electron chi connectivity index (χ3n) is 1.10. The van der Waals surface area contributed by atoms with Gasteiger partial charge in [-0.1, -0.05) is 11.6 Å². The van der Waals surface area contributed by atoms with Crippen LogP contribution in [0.15, 0.2) is 12.1 Å². The summed E-state index contributed by atoms with van der Waals surface area (Å²) in [6, 6.07) is 6.92. The predicted octanol–water partition coefficient (Wildman–Crippen LogP) is 2.76. The lowest BCUT2D eigenvalue weighted by Gasteiger charge is -1.94. The molecule has 1 rings (SSSR count). The van der Waals surface area contributed by atoms with Crippen LogP contribution in [-0.2, 0) is 0 Å². The smallest absolute Gasteiger partial charge is 0.0411 e. The lowest BCUT2D eigenvalue weighted by Crippen LogP contribution is -1.75. The molecule has 0 saturated carbocycles. The molecule has 0 nitrogen and oxygen atoms in total. The van der Waals surface area contributed by atoms with Gasteiger partial charge in [0.05, 0.1) is 0 Å². The van der Waals surface area contributed by atoms with Crippen molar-refractivity contribution < 1.29 is 0 Å². The first-order valence-electron chi connectivity index (χ1n) is 2.84. The highest BCUT2D eigenvalue weighted by molar-refractivity contribution is 6.30. The molecule has 0 heterocycles. The minimum atomic E-state index is 0.795. The maximum Gasteiger partial charge on any atom is 0.0411 e. The molecule has 0 unspecified atom stereocenters. The van der Waals surface area contributed by atoms with Gasteiger partial charge in [-0.25, -0.2) is 0 Å². The Hall–Kier alpha value is -0.490. The first-order chi connectivity index (χ1) is 4.18. The molecule has 1 aromatic carbocycles. The molecule has 0 atom stereocenters. The second-order valence-corrected chi connectivity index (χ2v) is 2.60. The summed E-state index contributed by atoms with van der Waals surface area (Å²) >= 11 is 5.73. The monoisotopic (exact) mass is 139 g/mol. The Balaban J connectivity index is 3.17. The van der Waals surface area contributed by atoms with E-state index >= 15 is 0 Å². The van der Waals surface area contributed by atoms with Crippen molar-refractivity contribution in [3.05, 3.63) is 34.3 Å². The van der Waals surface area contributed by atoms with E-state index in [-0.39, 0.29) is 0 Å². The van der Waals surface area contributed by atoms with Crippen molar-refractivity contribution in [1.82, 2.24) is 0 Å². The SMILES string of the molecule is Cc1[c]c(C)cc(Cl)c1. The van der Waals surface area contributed by atoms with Crippen LogP contribution in [0.4, 0.5) is 0 Å². The number of benzene rings is 1. The summed E-state index contributed by atoms with van der Waals surface area (Å²) in [6.07, 6.45) is 0. The van der Waals surface area contributed by atoms with Crippen molar-refractivity contribution in [3.63, 3.8) is 0 Å². The average molecular weight is 140 g/mol. The molecular weight excluding hydrogens is 132 g/mol. The number of rotatable bonds is 0. The summed E-state index contributed by atoms with van der Waals surface area (Å²) in [6.45, 7) is 3.97. The van der Waals surface area contributed by atoms with Crippen molar-refractivity contribution in [2.45, 2.75) is 13.8 Å². The van der Waals surface area contributed by atoms with Crippen LogP contribution in [0.3, 0.4) is 0 Å². The molecule has 1 radical (unpaired) electrons. The Morgan fingerprint density at radius 2 is 1.67 bits per heavy atom. The van der Waals surface area contributed by atoms with E-state index in [4.69, 9.17) is 11.6 Å². The standard InChI is InChI=1S/C8H8Cl/c1-6-3-7(2)5-8(9)4-6/h4-5H,1-2H3. The minimum absolute atomic E-state index is 0.795. The number of hydrogen-bond acceptors (Lipinski definition) is 0. The first kappa shape index (κ1) is 6.63. The minimum Gasteiger partial charge on any atom is -0.0843 e. The highest BCUT2D eigenvalue weighted by Crippen LogP contribution is 2.12. The van der Waals surface area contributed by atoms with E-state index in [1.165, 1.54) is 0 Å². The van der Waals surface area contributed by atoms with Crippen molar-refractivity contribution in [2.75, 3.05) is 0 Å². The molecule has 1 aromatic rings. The van der Waals surface area contributed by atoms with Gasteiger partial charge in [-0.2, -0.15) is 0 Å². The molecule has 0 aliphatic heterocycles. The van der Waals surface area contributed by atoms with Crippen LogP contribution in [0.1, 0.15) is 11.1 Å². The maximum atomic E-state index is 5.73. The van der Waals surface area contributed by atoms with Gasteiger partial charge in [0.25, 0.3) is 0 Å². The van der Waals surface area contributed by atoms with Crippen LogP contribution in [-0.4, -0.2) is 0 Å². The Bertz CT molecular complexity index is 165. The Morgan fingerprint density at radius 3 is 2.00 bits per heavy atom. The maximum absolute atomic E-state index is 5.73. The number of aryl methyl sites for hydroxylation is 2. The van der Waals surface area contributed by atoms with Crippen molar-refractivity contribution >= 4 is 11.6 Å². The van der Waals surface area contributed by atoms with E-state index in [0.717, 1.165) is 16.1 Å². The van der Waals surface area contributed by atoms with Gasteiger partial charge in [0, 0.05) is 5.02 Å². The van der Waals surface area contributed by atoms with Crippen molar-refractivity contribution in [2.24, 2.45) is 0 Å². The van der Waals surface area contributed by atoms with Crippen LogP contribution in [0.2, 0.25) is 5.02 Å². The van der Waals surface area contributed by atoms with E-state index in [0.29, 0.717) is 0 Å². The zero-order chi connectivity index (χ0) is 6.85. The molecule has 0 spiro atoms. The van der Waals surface area contributed by atoms with Gasteiger partial charge in [-0.15, -0.1) is 0 Å². The molecule has 0 aliphatic carbocycles. The molecule has 0 aromatic heterocycles. The second kappa shape index (κ2) is 2.40. The van der Waals surface area contributed by atoms with E-state index in [9.17, 15) is 0 Å². The van der Waals surface area contributed by atoms with Crippen LogP contribution in [0, 0.1) is 19.9 Å². The Kier molecular flexibility index (Phi) is 1.77. The van der Waals surface area contributed by atoms with Gasteiger partial charge in [0.1, 0.15) is 0 Å². The van der Waals surface area contributed by atoms with Crippen molar-refractivity contribution in [1.29, 1.82) is 0 Å². The second-order valence-electron chi connectivity index (χ2n) is 2.16. The summed E-state index contributed by atoms with van der Waals surface area (Å²) in [4.78, 5) is 0.